The van der Waals surface area contributed by atoms with E-state index in [0.717, 1.165) is 37.6 Å². The van der Waals surface area contributed by atoms with Gasteiger partial charge in [0.2, 0.25) is 0 Å². The number of ether oxygens (including phenoxy) is 1. The predicted octanol–water partition coefficient (Wildman–Crippen LogP) is 1.15. The molecule has 1 aromatic carbocycles. The lowest BCUT2D eigenvalue weighted by atomic mass is 10.1. The molecule has 0 amide bonds. The van der Waals surface area contributed by atoms with Crippen LogP contribution in [0.4, 0.5) is 5.69 Å². The summed E-state index contributed by atoms with van der Waals surface area (Å²) < 4.78 is 5.31. The lowest BCUT2D eigenvalue weighted by Gasteiger charge is -2.29. The van der Waals surface area contributed by atoms with Crippen LogP contribution in [0.5, 0.6) is 5.75 Å². The molecule has 1 unspecified atom stereocenters. The van der Waals surface area contributed by atoms with Crippen LogP contribution in [-0.4, -0.2) is 42.6 Å². The molecule has 0 aromatic heterocycles. The van der Waals surface area contributed by atoms with Crippen LogP contribution in [0.2, 0.25) is 0 Å². The minimum atomic E-state index is -0.444. The molecule has 0 spiro atoms. The fourth-order valence-corrected chi connectivity index (χ4v) is 2.07. The molecule has 0 aliphatic carbocycles. The van der Waals surface area contributed by atoms with Crippen molar-refractivity contribution >= 4 is 5.69 Å². The summed E-state index contributed by atoms with van der Waals surface area (Å²) in [5, 5.41) is 19.1. The first kappa shape index (κ1) is 12.2. The normalized spacial score (nSPS) is 18.1. The highest BCUT2D eigenvalue weighted by Crippen LogP contribution is 2.25. The number of aliphatic hydroxyl groups is 1. The standard InChI is InChI=1S/C13H19NO3/c1-10(15)8-11-9-12(2-3-13(11)16)14-4-6-17-7-5-14/h2-3,9-10,15-16H,4-8H2,1H3. The highest BCUT2D eigenvalue weighted by atomic mass is 16.5. The van der Waals surface area contributed by atoms with Gasteiger partial charge in [-0.2, -0.15) is 0 Å². The molecular formula is C13H19NO3. The molecule has 1 aromatic rings. The van der Waals surface area contributed by atoms with E-state index in [-0.39, 0.29) is 5.75 Å². The topological polar surface area (TPSA) is 52.9 Å². The number of phenols is 1. The molecule has 1 fully saturated rings. The zero-order chi connectivity index (χ0) is 12.3. The molecule has 4 nitrogen and oxygen atoms in total. The molecule has 4 heteroatoms. The first-order valence-corrected chi connectivity index (χ1v) is 5.99. The van der Waals surface area contributed by atoms with E-state index in [1.165, 1.54) is 0 Å². The number of benzene rings is 1. The molecule has 1 atom stereocenters. The zero-order valence-corrected chi connectivity index (χ0v) is 10.1. The van der Waals surface area contributed by atoms with Crippen LogP contribution in [0.1, 0.15) is 12.5 Å². The van der Waals surface area contributed by atoms with Crippen molar-refractivity contribution in [3.8, 4) is 5.75 Å². The van der Waals surface area contributed by atoms with Crippen LogP contribution in [-0.2, 0) is 11.2 Å². The van der Waals surface area contributed by atoms with Gasteiger partial charge >= 0.3 is 0 Å². The summed E-state index contributed by atoms with van der Waals surface area (Å²) in [4.78, 5) is 2.23. The van der Waals surface area contributed by atoms with Crippen molar-refractivity contribution < 1.29 is 14.9 Å². The Morgan fingerprint density at radius 2 is 2.06 bits per heavy atom. The fraction of sp³-hybridized carbons (Fsp3) is 0.538. The van der Waals surface area contributed by atoms with Crippen LogP contribution in [0.25, 0.3) is 0 Å². The average Bonchev–Trinajstić information content (AvgIpc) is 2.32. The number of morpholine rings is 1. The Balaban J connectivity index is 2.17. The fourth-order valence-electron chi connectivity index (χ4n) is 2.07. The van der Waals surface area contributed by atoms with E-state index in [0.29, 0.717) is 6.42 Å². The summed E-state index contributed by atoms with van der Waals surface area (Å²) in [6.45, 7) is 4.96. The van der Waals surface area contributed by atoms with E-state index in [1.807, 2.05) is 12.1 Å². The van der Waals surface area contributed by atoms with Crippen molar-refractivity contribution in [2.75, 3.05) is 31.2 Å². The van der Waals surface area contributed by atoms with Crippen molar-refractivity contribution in [2.24, 2.45) is 0 Å². The second-order valence-electron chi connectivity index (χ2n) is 4.47. The third-order valence-corrected chi connectivity index (χ3v) is 2.95. The van der Waals surface area contributed by atoms with E-state index in [9.17, 15) is 10.2 Å². The number of phenolic OH excluding ortho intramolecular Hbond substituents is 1. The Labute approximate surface area is 101 Å². The molecule has 94 valence electrons. The molecule has 1 aliphatic rings. The average molecular weight is 237 g/mol. The lowest BCUT2D eigenvalue weighted by Crippen LogP contribution is -2.36. The molecule has 0 saturated carbocycles. The monoisotopic (exact) mass is 237 g/mol. The summed E-state index contributed by atoms with van der Waals surface area (Å²) in [5.41, 5.74) is 1.88. The van der Waals surface area contributed by atoms with Gasteiger partial charge in [0.1, 0.15) is 5.75 Å². The Hall–Kier alpha value is -1.26. The Morgan fingerprint density at radius 3 is 2.71 bits per heavy atom. The third-order valence-electron chi connectivity index (χ3n) is 2.95. The van der Waals surface area contributed by atoms with E-state index in [1.54, 1.807) is 13.0 Å². The van der Waals surface area contributed by atoms with Crippen molar-refractivity contribution in [1.82, 2.24) is 0 Å². The third kappa shape index (κ3) is 3.11. The van der Waals surface area contributed by atoms with Crippen molar-refractivity contribution in [1.29, 1.82) is 0 Å². The Kier molecular flexibility index (Phi) is 3.86. The maximum absolute atomic E-state index is 9.73. The van der Waals surface area contributed by atoms with E-state index in [4.69, 9.17) is 4.74 Å². The summed E-state index contributed by atoms with van der Waals surface area (Å²) >= 11 is 0. The van der Waals surface area contributed by atoms with Crippen LogP contribution in [0, 0.1) is 0 Å². The van der Waals surface area contributed by atoms with E-state index in [2.05, 4.69) is 4.90 Å². The largest absolute Gasteiger partial charge is 0.508 e. The first-order valence-electron chi connectivity index (χ1n) is 5.99. The minimum Gasteiger partial charge on any atom is -0.508 e. The number of hydrogen-bond donors (Lipinski definition) is 2. The van der Waals surface area contributed by atoms with Gasteiger partial charge in [0.25, 0.3) is 0 Å². The molecule has 1 saturated heterocycles. The van der Waals surface area contributed by atoms with Crippen molar-refractivity contribution in [3.63, 3.8) is 0 Å². The Morgan fingerprint density at radius 1 is 1.35 bits per heavy atom. The van der Waals surface area contributed by atoms with Crippen LogP contribution >= 0.6 is 0 Å². The molecule has 0 radical (unpaired) electrons. The number of aliphatic hydroxyl groups excluding tert-OH is 1. The molecule has 1 aliphatic heterocycles. The van der Waals surface area contributed by atoms with Gasteiger partial charge in [0.05, 0.1) is 19.3 Å². The van der Waals surface area contributed by atoms with Crippen molar-refractivity contribution in [3.05, 3.63) is 23.8 Å². The van der Waals surface area contributed by atoms with Gasteiger partial charge in [-0.25, -0.2) is 0 Å². The summed E-state index contributed by atoms with van der Waals surface area (Å²) in [6, 6.07) is 5.56. The van der Waals surface area contributed by atoms with Crippen LogP contribution < -0.4 is 4.90 Å². The Bertz CT molecular complexity index is 373. The van der Waals surface area contributed by atoms with Gasteiger partial charge in [-0.05, 0) is 30.7 Å². The SMILES string of the molecule is CC(O)Cc1cc(N2CCOCC2)ccc1O. The zero-order valence-electron chi connectivity index (χ0n) is 10.1. The maximum atomic E-state index is 9.73. The number of aromatic hydroxyl groups is 1. The van der Waals surface area contributed by atoms with Gasteiger partial charge in [0.15, 0.2) is 0 Å². The van der Waals surface area contributed by atoms with E-state index < -0.39 is 6.10 Å². The van der Waals surface area contributed by atoms with Gasteiger partial charge in [-0.3, -0.25) is 0 Å². The van der Waals surface area contributed by atoms with Gasteiger partial charge in [0, 0.05) is 25.2 Å². The lowest BCUT2D eigenvalue weighted by molar-refractivity contribution is 0.122. The smallest absolute Gasteiger partial charge is 0.119 e. The first-order chi connectivity index (χ1) is 8.16. The highest BCUT2D eigenvalue weighted by Gasteiger charge is 2.13. The molecule has 2 N–H and O–H groups in total. The number of hydrogen-bond acceptors (Lipinski definition) is 4. The second kappa shape index (κ2) is 5.38. The number of rotatable bonds is 3. The van der Waals surface area contributed by atoms with Gasteiger partial charge in [-0.15, -0.1) is 0 Å². The van der Waals surface area contributed by atoms with Crippen LogP contribution in [0.3, 0.4) is 0 Å². The summed E-state index contributed by atoms with van der Waals surface area (Å²) in [6.07, 6.45) is 0.0325. The molecular weight excluding hydrogens is 218 g/mol. The summed E-state index contributed by atoms with van der Waals surface area (Å²) in [5.74, 6) is 0.253. The molecule has 0 bridgehead atoms. The quantitative estimate of drug-likeness (QED) is 0.828. The van der Waals surface area contributed by atoms with Gasteiger partial charge < -0.3 is 19.8 Å². The van der Waals surface area contributed by atoms with Crippen molar-refractivity contribution in [2.45, 2.75) is 19.4 Å². The minimum absolute atomic E-state index is 0.253. The summed E-state index contributed by atoms with van der Waals surface area (Å²) in [7, 11) is 0. The molecule has 17 heavy (non-hydrogen) atoms. The molecule has 2 rings (SSSR count). The second-order valence-corrected chi connectivity index (χ2v) is 4.47. The van der Waals surface area contributed by atoms with Gasteiger partial charge in [-0.1, -0.05) is 0 Å². The molecule has 1 heterocycles. The maximum Gasteiger partial charge on any atom is 0.119 e. The van der Waals surface area contributed by atoms with Crippen LogP contribution in [0.15, 0.2) is 18.2 Å². The predicted molar refractivity (Wildman–Crippen MR) is 66.5 cm³/mol. The number of nitrogens with zero attached hydrogens (tertiary/aromatic N) is 1. The number of anilines is 1. The van der Waals surface area contributed by atoms with E-state index >= 15 is 0 Å². The highest BCUT2D eigenvalue weighted by molar-refractivity contribution is 5.53.